The first-order valence-electron chi connectivity index (χ1n) is 8.20. The van der Waals surface area contributed by atoms with Crippen molar-refractivity contribution in [2.24, 2.45) is 7.05 Å². The maximum Gasteiger partial charge on any atom is 0.345 e. The molecule has 3 rings (SSSR count). The lowest BCUT2D eigenvalue weighted by atomic mass is 9.97. The minimum absolute atomic E-state index is 0.0250. The average Bonchev–Trinajstić information content (AvgIpc) is 2.86. The van der Waals surface area contributed by atoms with Gasteiger partial charge in [-0.15, -0.1) is 0 Å². The molecule has 1 aromatic carbocycles. The lowest BCUT2D eigenvalue weighted by Crippen LogP contribution is -2.37. The molecule has 0 unspecified atom stereocenters. The predicted octanol–water partition coefficient (Wildman–Crippen LogP) is 1.56. The second kappa shape index (κ2) is 7.13. The first-order valence-corrected chi connectivity index (χ1v) is 10.4. The fraction of sp³-hybridized carbons (Fsp3) is 0.500. The third-order valence-electron chi connectivity index (χ3n) is 4.73. The SMILES string of the molecule is Cn1c(C2CCN(S(C)(=O)=O)CC2)nn(Cc2c(F)cccc2Cl)c1=O. The molecule has 10 heteroatoms. The summed E-state index contributed by atoms with van der Waals surface area (Å²) >= 11 is 6.03. The molecule has 1 saturated heterocycles. The van der Waals surface area contributed by atoms with E-state index >= 15 is 0 Å². The number of piperidine rings is 1. The summed E-state index contributed by atoms with van der Waals surface area (Å²) in [6.07, 6.45) is 2.35. The summed E-state index contributed by atoms with van der Waals surface area (Å²) in [5, 5.41) is 4.61. The number of benzene rings is 1. The fourth-order valence-corrected chi connectivity index (χ4v) is 4.34. The summed E-state index contributed by atoms with van der Waals surface area (Å²) in [6.45, 7) is 0.730. The van der Waals surface area contributed by atoms with Crippen LogP contribution in [-0.2, 0) is 23.6 Å². The van der Waals surface area contributed by atoms with Crippen molar-refractivity contribution in [1.82, 2.24) is 18.7 Å². The third kappa shape index (κ3) is 3.70. The molecule has 0 spiro atoms. The van der Waals surface area contributed by atoms with E-state index < -0.39 is 15.8 Å². The molecule has 2 aromatic rings. The molecule has 2 heterocycles. The topological polar surface area (TPSA) is 77.2 Å². The third-order valence-corrected chi connectivity index (χ3v) is 6.39. The maximum absolute atomic E-state index is 14.0. The van der Waals surface area contributed by atoms with E-state index in [1.807, 2.05) is 0 Å². The van der Waals surface area contributed by atoms with Gasteiger partial charge in [-0.1, -0.05) is 17.7 Å². The smallest absolute Gasteiger partial charge is 0.282 e. The van der Waals surface area contributed by atoms with E-state index in [0.717, 1.165) is 0 Å². The number of sulfonamides is 1. The first-order chi connectivity index (χ1) is 12.2. The molecule has 0 atom stereocenters. The van der Waals surface area contributed by atoms with Crippen molar-refractivity contribution in [3.8, 4) is 0 Å². The van der Waals surface area contributed by atoms with E-state index in [0.29, 0.717) is 31.8 Å². The van der Waals surface area contributed by atoms with Crippen molar-refractivity contribution in [3.05, 3.63) is 50.9 Å². The van der Waals surface area contributed by atoms with Crippen molar-refractivity contribution >= 4 is 21.6 Å². The molecule has 0 bridgehead atoms. The normalized spacial score (nSPS) is 16.9. The van der Waals surface area contributed by atoms with E-state index in [4.69, 9.17) is 11.6 Å². The summed E-state index contributed by atoms with van der Waals surface area (Å²) < 4.78 is 41.3. The van der Waals surface area contributed by atoms with Gasteiger partial charge in [-0.05, 0) is 25.0 Å². The van der Waals surface area contributed by atoms with Gasteiger partial charge < -0.3 is 0 Å². The number of rotatable bonds is 4. The lowest BCUT2D eigenvalue weighted by Gasteiger charge is -2.29. The van der Waals surface area contributed by atoms with Crippen molar-refractivity contribution in [2.45, 2.75) is 25.3 Å². The summed E-state index contributed by atoms with van der Waals surface area (Å²) in [5.41, 5.74) is -0.141. The number of aromatic nitrogens is 3. The van der Waals surface area contributed by atoms with Gasteiger partial charge >= 0.3 is 5.69 Å². The van der Waals surface area contributed by atoms with E-state index in [-0.39, 0.29) is 28.7 Å². The summed E-state index contributed by atoms with van der Waals surface area (Å²) in [5.74, 6) is 0.0664. The summed E-state index contributed by atoms with van der Waals surface area (Å²) in [7, 11) is -1.59. The van der Waals surface area contributed by atoms with Crippen LogP contribution in [-0.4, -0.2) is 46.4 Å². The molecule has 142 valence electrons. The molecule has 1 aliphatic heterocycles. The Balaban J connectivity index is 1.84. The van der Waals surface area contributed by atoms with E-state index in [1.165, 1.54) is 31.9 Å². The van der Waals surface area contributed by atoms with Gasteiger partial charge in [0.15, 0.2) is 0 Å². The number of hydrogen-bond donors (Lipinski definition) is 0. The van der Waals surface area contributed by atoms with Gasteiger partial charge in [0.2, 0.25) is 10.0 Å². The van der Waals surface area contributed by atoms with Crippen LogP contribution in [0.4, 0.5) is 4.39 Å². The molecule has 1 aliphatic rings. The highest BCUT2D eigenvalue weighted by Crippen LogP contribution is 2.27. The van der Waals surface area contributed by atoms with Gasteiger partial charge in [0, 0.05) is 36.6 Å². The summed E-state index contributed by atoms with van der Waals surface area (Å²) in [4.78, 5) is 12.5. The summed E-state index contributed by atoms with van der Waals surface area (Å²) in [6, 6.07) is 4.36. The maximum atomic E-state index is 14.0. The van der Waals surface area contributed by atoms with Crippen LogP contribution in [0.2, 0.25) is 5.02 Å². The van der Waals surface area contributed by atoms with Gasteiger partial charge in [0.25, 0.3) is 0 Å². The quantitative estimate of drug-likeness (QED) is 0.777. The zero-order chi connectivity index (χ0) is 19.1. The van der Waals surface area contributed by atoms with Crippen LogP contribution in [0, 0.1) is 5.82 Å². The van der Waals surface area contributed by atoms with Crippen molar-refractivity contribution in [2.75, 3.05) is 19.3 Å². The minimum Gasteiger partial charge on any atom is -0.282 e. The van der Waals surface area contributed by atoms with Crippen LogP contribution < -0.4 is 5.69 Å². The Bertz CT molecular complexity index is 958. The number of hydrogen-bond acceptors (Lipinski definition) is 4. The molecule has 1 aromatic heterocycles. The van der Waals surface area contributed by atoms with E-state index in [2.05, 4.69) is 5.10 Å². The lowest BCUT2D eigenvalue weighted by molar-refractivity contribution is 0.311. The molecule has 1 fully saturated rings. The van der Waals surface area contributed by atoms with Crippen LogP contribution in [0.15, 0.2) is 23.0 Å². The Hall–Kier alpha value is -1.71. The highest BCUT2D eigenvalue weighted by atomic mass is 35.5. The van der Waals surface area contributed by atoms with Crippen LogP contribution in [0.5, 0.6) is 0 Å². The van der Waals surface area contributed by atoms with Gasteiger partial charge in [-0.3, -0.25) is 4.57 Å². The van der Waals surface area contributed by atoms with Crippen molar-refractivity contribution < 1.29 is 12.8 Å². The fourth-order valence-electron chi connectivity index (χ4n) is 3.24. The molecule has 0 saturated carbocycles. The Morgan fingerprint density at radius 2 is 1.96 bits per heavy atom. The standard InChI is InChI=1S/C16H20ClFN4O3S/c1-20-15(11-6-8-21(9-7-11)26(2,24)25)19-22(16(20)23)10-12-13(17)4-3-5-14(12)18/h3-5,11H,6-10H2,1-2H3. The minimum atomic E-state index is -3.21. The Labute approximate surface area is 156 Å². The van der Waals surface area contributed by atoms with E-state index in [9.17, 15) is 17.6 Å². The molecule has 7 nitrogen and oxygen atoms in total. The average molecular weight is 403 g/mol. The van der Waals surface area contributed by atoms with Crippen LogP contribution >= 0.6 is 11.6 Å². The van der Waals surface area contributed by atoms with Crippen molar-refractivity contribution in [1.29, 1.82) is 0 Å². The zero-order valence-corrected chi connectivity index (χ0v) is 16.1. The second-order valence-electron chi connectivity index (χ2n) is 6.49. The van der Waals surface area contributed by atoms with Gasteiger partial charge in [0.1, 0.15) is 11.6 Å². The van der Waals surface area contributed by atoms with Gasteiger partial charge in [-0.2, -0.15) is 5.10 Å². The molecule has 0 amide bonds. The van der Waals surface area contributed by atoms with Crippen molar-refractivity contribution in [3.63, 3.8) is 0 Å². The van der Waals surface area contributed by atoms with Crippen LogP contribution in [0.1, 0.15) is 30.1 Å². The zero-order valence-electron chi connectivity index (χ0n) is 14.5. The molecule has 0 radical (unpaired) electrons. The van der Waals surface area contributed by atoms with E-state index in [1.54, 1.807) is 13.1 Å². The molecular formula is C16H20ClFN4O3S. The van der Waals surface area contributed by atoms with Crippen LogP contribution in [0.25, 0.3) is 0 Å². The first kappa shape index (κ1) is 19.1. The number of halogens is 2. The van der Waals surface area contributed by atoms with Gasteiger partial charge in [0.05, 0.1) is 12.8 Å². The van der Waals surface area contributed by atoms with Crippen LogP contribution in [0.3, 0.4) is 0 Å². The molecule has 0 N–H and O–H groups in total. The molecular weight excluding hydrogens is 383 g/mol. The second-order valence-corrected chi connectivity index (χ2v) is 8.88. The monoisotopic (exact) mass is 402 g/mol. The molecule has 0 aliphatic carbocycles. The Morgan fingerprint density at radius 1 is 1.31 bits per heavy atom. The predicted molar refractivity (Wildman–Crippen MR) is 96.4 cm³/mol. The van der Waals surface area contributed by atoms with Gasteiger partial charge in [-0.25, -0.2) is 26.6 Å². The molecule has 26 heavy (non-hydrogen) atoms. The largest absolute Gasteiger partial charge is 0.345 e. The highest BCUT2D eigenvalue weighted by Gasteiger charge is 2.29. The number of nitrogens with zero attached hydrogens (tertiary/aromatic N) is 4. The highest BCUT2D eigenvalue weighted by molar-refractivity contribution is 7.88. The Morgan fingerprint density at radius 3 is 2.54 bits per heavy atom. The Kier molecular flexibility index (Phi) is 5.23.